The first-order valence-corrected chi connectivity index (χ1v) is 6.42. The van der Waals surface area contributed by atoms with Crippen molar-refractivity contribution < 1.29 is 4.79 Å². The molecular weight excluding hydrogens is 210 g/mol. The van der Waals surface area contributed by atoms with Crippen LogP contribution in [-0.2, 0) is 11.2 Å². The minimum absolute atomic E-state index is 0.637. The molecule has 1 aromatic rings. The summed E-state index contributed by atoms with van der Waals surface area (Å²) >= 11 is 0. The van der Waals surface area contributed by atoms with Crippen LogP contribution in [0.1, 0.15) is 37.3 Å². The number of unbranched alkanes of at least 4 members (excludes halogenated alkanes) is 2. The molecule has 0 atom stereocenters. The number of hydrogen-bond acceptors (Lipinski definition) is 2. The van der Waals surface area contributed by atoms with Gasteiger partial charge in [-0.2, -0.15) is 0 Å². The van der Waals surface area contributed by atoms with Crippen LogP contribution in [0.2, 0.25) is 0 Å². The molecule has 0 saturated heterocycles. The lowest BCUT2D eigenvalue weighted by Gasteiger charge is -2.12. The quantitative estimate of drug-likeness (QED) is 0.642. The Morgan fingerprint density at radius 1 is 1.12 bits per heavy atom. The summed E-state index contributed by atoms with van der Waals surface area (Å²) in [6, 6.07) is 7.73. The Bertz CT molecular complexity index is 318. The Balaban J connectivity index is 2.15. The first kappa shape index (κ1) is 13.9. The van der Waals surface area contributed by atoms with E-state index in [4.69, 9.17) is 0 Å². The molecule has 0 heterocycles. The van der Waals surface area contributed by atoms with Crippen molar-refractivity contribution in [3.05, 3.63) is 35.4 Å². The molecule has 1 rings (SSSR count). The third kappa shape index (κ3) is 5.64. The van der Waals surface area contributed by atoms with Crippen LogP contribution in [0.4, 0.5) is 0 Å². The lowest BCUT2D eigenvalue weighted by atomic mass is 10.1. The molecule has 2 heteroatoms. The molecule has 93 valence electrons. The zero-order chi connectivity index (χ0) is 12.5. The molecule has 0 N–H and O–H groups in total. The summed E-state index contributed by atoms with van der Waals surface area (Å²) in [5.41, 5.74) is 1.95. The van der Waals surface area contributed by atoms with Gasteiger partial charge in [-0.3, -0.25) is 4.79 Å². The highest BCUT2D eigenvalue weighted by Crippen LogP contribution is 2.08. The molecule has 1 radical (unpaired) electrons. The van der Waals surface area contributed by atoms with Crippen LogP contribution in [-0.4, -0.2) is 31.3 Å². The van der Waals surface area contributed by atoms with E-state index in [0.29, 0.717) is 5.56 Å². The molecular formula is C15H22NO. The number of benzene rings is 1. The molecule has 0 aliphatic heterocycles. The Morgan fingerprint density at radius 3 is 2.41 bits per heavy atom. The summed E-state index contributed by atoms with van der Waals surface area (Å²) in [7, 11) is 2.16. The summed E-state index contributed by atoms with van der Waals surface area (Å²) in [6.45, 7) is 4.50. The highest BCUT2D eigenvalue weighted by Gasteiger charge is 1.97. The van der Waals surface area contributed by atoms with Crippen molar-refractivity contribution in [1.29, 1.82) is 0 Å². The van der Waals surface area contributed by atoms with Crippen molar-refractivity contribution in [3.8, 4) is 0 Å². The summed E-state index contributed by atoms with van der Waals surface area (Å²) in [5.74, 6) is 0. The molecule has 0 aliphatic rings. The van der Waals surface area contributed by atoms with E-state index in [0.717, 1.165) is 13.0 Å². The molecule has 0 bridgehead atoms. The molecule has 0 amide bonds. The first-order chi connectivity index (χ1) is 8.26. The van der Waals surface area contributed by atoms with Gasteiger partial charge in [-0.1, -0.05) is 37.6 Å². The summed E-state index contributed by atoms with van der Waals surface area (Å²) in [5, 5.41) is 0. The van der Waals surface area contributed by atoms with Gasteiger partial charge in [0, 0.05) is 5.56 Å². The van der Waals surface area contributed by atoms with Crippen LogP contribution in [0, 0.1) is 0 Å². The fraction of sp³-hybridized carbons (Fsp3) is 0.533. The van der Waals surface area contributed by atoms with Crippen LogP contribution in [0.5, 0.6) is 0 Å². The van der Waals surface area contributed by atoms with Crippen molar-refractivity contribution in [1.82, 2.24) is 4.90 Å². The number of nitrogens with zero attached hydrogens (tertiary/aromatic N) is 1. The molecule has 0 aliphatic carbocycles. The van der Waals surface area contributed by atoms with Crippen LogP contribution in [0.25, 0.3) is 0 Å². The maximum atomic E-state index is 10.4. The minimum Gasteiger partial charge on any atom is -0.307 e. The molecule has 0 saturated carbocycles. The average Bonchev–Trinajstić information content (AvgIpc) is 2.38. The van der Waals surface area contributed by atoms with Crippen molar-refractivity contribution >= 4 is 6.29 Å². The van der Waals surface area contributed by atoms with Crippen LogP contribution < -0.4 is 0 Å². The van der Waals surface area contributed by atoms with Gasteiger partial charge < -0.3 is 4.90 Å². The highest BCUT2D eigenvalue weighted by atomic mass is 16.1. The largest absolute Gasteiger partial charge is 0.307 e. The lowest BCUT2D eigenvalue weighted by Crippen LogP contribution is -2.18. The minimum atomic E-state index is 0.637. The van der Waals surface area contributed by atoms with Crippen molar-refractivity contribution in [3.63, 3.8) is 0 Å². The van der Waals surface area contributed by atoms with Gasteiger partial charge in [0.05, 0.1) is 0 Å². The van der Waals surface area contributed by atoms with Gasteiger partial charge in [0.15, 0.2) is 0 Å². The predicted octanol–water partition coefficient (Wildman–Crippen LogP) is 2.81. The Morgan fingerprint density at radius 2 is 1.82 bits per heavy atom. The van der Waals surface area contributed by atoms with E-state index in [2.05, 4.69) is 18.9 Å². The molecule has 0 spiro atoms. The van der Waals surface area contributed by atoms with E-state index >= 15 is 0 Å². The van der Waals surface area contributed by atoms with Gasteiger partial charge in [0.25, 0.3) is 0 Å². The SMILES string of the molecule is CCN(C)CCCCCc1ccc([C]=O)cc1. The third-order valence-corrected chi connectivity index (χ3v) is 3.12. The van der Waals surface area contributed by atoms with Crippen LogP contribution in [0.15, 0.2) is 24.3 Å². The smallest absolute Gasteiger partial charge is 0.233 e. The van der Waals surface area contributed by atoms with Gasteiger partial charge in [0.1, 0.15) is 0 Å². The molecule has 17 heavy (non-hydrogen) atoms. The normalized spacial score (nSPS) is 10.8. The average molecular weight is 232 g/mol. The second kappa shape index (κ2) is 8.02. The van der Waals surface area contributed by atoms with Crippen molar-refractivity contribution in [2.45, 2.75) is 32.6 Å². The zero-order valence-electron chi connectivity index (χ0n) is 10.9. The fourth-order valence-electron chi connectivity index (χ4n) is 1.79. The molecule has 0 fully saturated rings. The van der Waals surface area contributed by atoms with E-state index in [-0.39, 0.29) is 0 Å². The highest BCUT2D eigenvalue weighted by molar-refractivity contribution is 5.75. The summed E-state index contributed by atoms with van der Waals surface area (Å²) < 4.78 is 0. The van der Waals surface area contributed by atoms with E-state index in [9.17, 15) is 4.79 Å². The summed E-state index contributed by atoms with van der Waals surface area (Å²) in [6.07, 6.45) is 6.76. The van der Waals surface area contributed by atoms with Crippen molar-refractivity contribution in [2.24, 2.45) is 0 Å². The molecule has 1 aromatic carbocycles. The Hall–Kier alpha value is -1.15. The molecule has 0 unspecified atom stereocenters. The second-order valence-corrected chi connectivity index (χ2v) is 4.51. The predicted molar refractivity (Wildman–Crippen MR) is 72.0 cm³/mol. The lowest BCUT2D eigenvalue weighted by molar-refractivity contribution is 0.341. The van der Waals surface area contributed by atoms with Crippen molar-refractivity contribution in [2.75, 3.05) is 20.1 Å². The van der Waals surface area contributed by atoms with Gasteiger partial charge >= 0.3 is 0 Å². The topological polar surface area (TPSA) is 20.3 Å². The van der Waals surface area contributed by atoms with Gasteiger partial charge in [-0.25, -0.2) is 0 Å². The maximum Gasteiger partial charge on any atom is 0.233 e. The van der Waals surface area contributed by atoms with E-state index in [1.807, 2.05) is 30.6 Å². The summed E-state index contributed by atoms with van der Waals surface area (Å²) in [4.78, 5) is 12.7. The number of hydrogen-bond donors (Lipinski definition) is 0. The zero-order valence-corrected chi connectivity index (χ0v) is 10.9. The first-order valence-electron chi connectivity index (χ1n) is 6.42. The van der Waals surface area contributed by atoms with E-state index in [1.54, 1.807) is 0 Å². The van der Waals surface area contributed by atoms with Gasteiger partial charge in [-0.15, -0.1) is 0 Å². The maximum absolute atomic E-state index is 10.4. The molecule has 2 nitrogen and oxygen atoms in total. The van der Waals surface area contributed by atoms with Crippen LogP contribution in [0.3, 0.4) is 0 Å². The third-order valence-electron chi connectivity index (χ3n) is 3.12. The number of carbonyl (C=O) groups excluding carboxylic acids is 1. The molecule has 0 aromatic heterocycles. The Kier molecular flexibility index (Phi) is 6.56. The number of rotatable bonds is 8. The fourth-order valence-corrected chi connectivity index (χ4v) is 1.79. The number of aryl methyl sites for hydroxylation is 1. The second-order valence-electron chi connectivity index (χ2n) is 4.51. The van der Waals surface area contributed by atoms with E-state index in [1.165, 1.54) is 31.4 Å². The van der Waals surface area contributed by atoms with Gasteiger partial charge in [0.2, 0.25) is 6.29 Å². The van der Waals surface area contributed by atoms with E-state index < -0.39 is 0 Å². The monoisotopic (exact) mass is 232 g/mol. The standard InChI is InChI=1S/C15H22NO/c1-3-16(2)12-6-4-5-7-14-8-10-15(13-17)11-9-14/h8-11H,3-7,12H2,1-2H3. The van der Waals surface area contributed by atoms with Crippen LogP contribution >= 0.6 is 0 Å². The van der Waals surface area contributed by atoms with Gasteiger partial charge in [-0.05, 0) is 45.0 Å². The Labute approximate surface area is 105 Å².